The average molecular weight is 381 g/mol. The summed E-state index contributed by atoms with van der Waals surface area (Å²) in [5, 5.41) is 0. The zero-order valence-corrected chi connectivity index (χ0v) is 15.8. The summed E-state index contributed by atoms with van der Waals surface area (Å²) in [6, 6.07) is 13.2. The van der Waals surface area contributed by atoms with Gasteiger partial charge in [0.15, 0.2) is 0 Å². The molecular weight excluding hydrogens is 358 g/mol. The third-order valence-corrected chi connectivity index (χ3v) is 4.84. The number of esters is 1. The van der Waals surface area contributed by atoms with E-state index in [9.17, 15) is 4.79 Å². The molecule has 7 nitrogen and oxygen atoms in total. The number of methoxy groups -OCH3 is 1. The SMILES string of the molecule is COC(=O)c1ccc2ncn(-c3cccc(OCCN4CCOCC4)c3)c2c1. The van der Waals surface area contributed by atoms with Crippen LogP contribution in [0.1, 0.15) is 10.4 Å². The molecule has 0 bridgehead atoms. The number of ether oxygens (including phenoxy) is 3. The van der Waals surface area contributed by atoms with Gasteiger partial charge in [-0.15, -0.1) is 0 Å². The summed E-state index contributed by atoms with van der Waals surface area (Å²) in [7, 11) is 1.38. The van der Waals surface area contributed by atoms with E-state index in [0.29, 0.717) is 12.2 Å². The number of rotatable bonds is 6. The number of nitrogens with zero attached hydrogens (tertiary/aromatic N) is 3. The number of morpholine rings is 1. The van der Waals surface area contributed by atoms with Crippen molar-refractivity contribution in [1.29, 1.82) is 0 Å². The maximum Gasteiger partial charge on any atom is 0.337 e. The van der Waals surface area contributed by atoms with E-state index in [4.69, 9.17) is 14.2 Å². The second kappa shape index (κ2) is 8.41. The van der Waals surface area contributed by atoms with Crippen LogP contribution >= 0.6 is 0 Å². The number of imidazole rings is 1. The zero-order valence-electron chi connectivity index (χ0n) is 15.8. The summed E-state index contributed by atoms with van der Waals surface area (Å²) in [5.41, 5.74) is 3.07. The van der Waals surface area contributed by atoms with Gasteiger partial charge in [-0.25, -0.2) is 9.78 Å². The molecule has 0 unspecified atom stereocenters. The van der Waals surface area contributed by atoms with E-state index in [1.807, 2.05) is 34.9 Å². The Hall–Kier alpha value is -2.90. The number of hydrogen-bond donors (Lipinski definition) is 0. The van der Waals surface area contributed by atoms with Crippen molar-refractivity contribution in [3.63, 3.8) is 0 Å². The highest BCUT2D eigenvalue weighted by molar-refractivity contribution is 5.94. The Morgan fingerprint density at radius 2 is 2.04 bits per heavy atom. The molecule has 0 aliphatic carbocycles. The third kappa shape index (κ3) is 4.00. The molecule has 28 heavy (non-hydrogen) atoms. The van der Waals surface area contributed by atoms with Gasteiger partial charge in [0, 0.05) is 25.7 Å². The van der Waals surface area contributed by atoms with E-state index in [1.54, 1.807) is 18.5 Å². The molecule has 0 N–H and O–H groups in total. The lowest BCUT2D eigenvalue weighted by Gasteiger charge is -2.26. The van der Waals surface area contributed by atoms with Gasteiger partial charge in [-0.1, -0.05) is 6.07 Å². The minimum Gasteiger partial charge on any atom is -0.492 e. The van der Waals surface area contributed by atoms with Gasteiger partial charge in [-0.2, -0.15) is 0 Å². The van der Waals surface area contributed by atoms with Crippen molar-refractivity contribution in [1.82, 2.24) is 14.5 Å². The Labute approximate surface area is 163 Å². The van der Waals surface area contributed by atoms with Crippen LogP contribution < -0.4 is 4.74 Å². The summed E-state index contributed by atoms with van der Waals surface area (Å²) in [6.07, 6.45) is 1.75. The first kappa shape index (κ1) is 18.5. The van der Waals surface area contributed by atoms with E-state index < -0.39 is 0 Å². The largest absolute Gasteiger partial charge is 0.492 e. The highest BCUT2D eigenvalue weighted by atomic mass is 16.5. The number of benzene rings is 2. The molecule has 1 fully saturated rings. The van der Waals surface area contributed by atoms with Gasteiger partial charge in [-0.3, -0.25) is 9.47 Å². The molecule has 146 valence electrons. The molecule has 3 aromatic rings. The first-order valence-corrected chi connectivity index (χ1v) is 9.33. The first-order chi connectivity index (χ1) is 13.7. The predicted molar refractivity (Wildman–Crippen MR) is 105 cm³/mol. The van der Waals surface area contributed by atoms with Gasteiger partial charge >= 0.3 is 5.97 Å². The van der Waals surface area contributed by atoms with Crippen LogP contribution in [0.25, 0.3) is 16.7 Å². The van der Waals surface area contributed by atoms with Crippen LogP contribution in [0.5, 0.6) is 5.75 Å². The molecule has 0 radical (unpaired) electrons. The standard InChI is InChI=1S/C21H23N3O4/c1-26-21(25)16-5-6-19-20(13-16)24(15-22-19)17-3-2-4-18(14-17)28-12-9-23-7-10-27-11-8-23/h2-6,13-15H,7-12H2,1H3. The average Bonchev–Trinajstić information content (AvgIpc) is 3.17. The number of carbonyl (C=O) groups excluding carboxylic acids is 1. The molecular formula is C21H23N3O4. The summed E-state index contributed by atoms with van der Waals surface area (Å²) < 4.78 is 18.1. The molecule has 7 heteroatoms. The second-order valence-corrected chi connectivity index (χ2v) is 6.61. The quantitative estimate of drug-likeness (QED) is 0.612. The maximum atomic E-state index is 11.8. The van der Waals surface area contributed by atoms with Gasteiger partial charge in [0.1, 0.15) is 18.7 Å². The van der Waals surface area contributed by atoms with Crippen LogP contribution in [0, 0.1) is 0 Å². The molecule has 1 aliphatic heterocycles. The van der Waals surface area contributed by atoms with Crippen LogP contribution in [0.4, 0.5) is 0 Å². The monoisotopic (exact) mass is 381 g/mol. The topological polar surface area (TPSA) is 65.8 Å². The Morgan fingerprint density at radius 3 is 2.86 bits per heavy atom. The normalized spacial score (nSPS) is 14.9. The van der Waals surface area contributed by atoms with Gasteiger partial charge in [0.25, 0.3) is 0 Å². The summed E-state index contributed by atoms with van der Waals surface area (Å²) in [5.74, 6) is 0.437. The fraction of sp³-hybridized carbons (Fsp3) is 0.333. The lowest BCUT2D eigenvalue weighted by molar-refractivity contribution is 0.0322. The Bertz CT molecular complexity index is 963. The lowest BCUT2D eigenvalue weighted by atomic mass is 10.2. The minimum absolute atomic E-state index is 0.366. The van der Waals surface area contributed by atoms with E-state index in [-0.39, 0.29) is 5.97 Å². The second-order valence-electron chi connectivity index (χ2n) is 6.61. The number of hydrogen-bond acceptors (Lipinski definition) is 6. The van der Waals surface area contributed by atoms with Crippen molar-refractivity contribution < 1.29 is 19.0 Å². The molecule has 1 aliphatic rings. The van der Waals surface area contributed by atoms with E-state index in [0.717, 1.165) is 55.3 Å². The van der Waals surface area contributed by atoms with Crippen molar-refractivity contribution >= 4 is 17.0 Å². The van der Waals surface area contributed by atoms with Gasteiger partial charge in [0.2, 0.25) is 0 Å². The van der Waals surface area contributed by atoms with Gasteiger partial charge < -0.3 is 14.2 Å². The Morgan fingerprint density at radius 1 is 1.18 bits per heavy atom. The Kier molecular flexibility index (Phi) is 5.55. The third-order valence-electron chi connectivity index (χ3n) is 4.84. The van der Waals surface area contributed by atoms with E-state index in [2.05, 4.69) is 9.88 Å². The van der Waals surface area contributed by atoms with Crippen LogP contribution in [0.3, 0.4) is 0 Å². The zero-order chi connectivity index (χ0) is 19.3. The van der Waals surface area contributed by atoms with Crippen molar-refractivity contribution in [2.75, 3.05) is 46.6 Å². The van der Waals surface area contributed by atoms with Crippen LogP contribution in [-0.4, -0.2) is 67.0 Å². The maximum absolute atomic E-state index is 11.8. The van der Waals surface area contributed by atoms with Crippen molar-refractivity contribution in [2.24, 2.45) is 0 Å². The summed E-state index contributed by atoms with van der Waals surface area (Å²) in [6.45, 7) is 4.98. The van der Waals surface area contributed by atoms with Crippen LogP contribution in [0.2, 0.25) is 0 Å². The van der Waals surface area contributed by atoms with Crippen molar-refractivity contribution in [2.45, 2.75) is 0 Å². The summed E-state index contributed by atoms with van der Waals surface area (Å²) in [4.78, 5) is 18.6. The summed E-state index contributed by atoms with van der Waals surface area (Å²) >= 11 is 0. The number of aromatic nitrogens is 2. The molecule has 1 saturated heterocycles. The predicted octanol–water partition coefficient (Wildman–Crippen LogP) is 2.52. The lowest BCUT2D eigenvalue weighted by Crippen LogP contribution is -2.38. The molecule has 1 aromatic heterocycles. The van der Waals surface area contributed by atoms with Crippen LogP contribution in [0.15, 0.2) is 48.8 Å². The van der Waals surface area contributed by atoms with E-state index >= 15 is 0 Å². The molecule has 2 heterocycles. The number of carbonyl (C=O) groups is 1. The highest BCUT2D eigenvalue weighted by Gasteiger charge is 2.12. The fourth-order valence-corrected chi connectivity index (χ4v) is 3.30. The van der Waals surface area contributed by atoms with Crippen molar-refractivity contribution in [3.8, 4) is 11.4 Å². The van der Waals surface area contributed by atoms with E-state index in [1.165, 1.54) is 7.11 Å². The Balaban J connectivity index is 1.51. The fourth-order valence-electron chi connectivity index (χ4n) is 3.30. The number of fused-ring (bicyclic) bond motifs is 1. The van der Waals surface area contributed by atoms with Crippen LogP contribution in [-0.2, 0) is 9.47 Å². The molecule has 0 spiro atoms. The molecule has 0 amide bonds. The smallest absolute Gasteiger partial charge is 0.337 e. The minimum atomic E-state index is -0.366. The molecule has 4 rings (SSSR count). The van der Waals surface area contributed by atoms with Crippen molar-refractivity contribution in [3.05, 3.63) is 54.4 Å². The first-order valence-electron chi connectivity index (χ1n) is 9.33. The molecule has 2 aromatic carbocycles. The van der Waals surface area contributed by atoms with Gasteiger partial charge in [0.05, 0.1) is 42.6 Å². The molecule has 0 saturated carbocycles. The highest BCUT2D eigenvalue weighted by Crippen LogP contribution is 2.23. The molecule has 0 atom stereocenters. The van der Waals surface area contributed by atoms with Gasteiger partial charge in [-0.05, 0) is 30.3 Å².